The van der Waals surface area contributed by atoms with Crippen LogP contribution >= 0.6 is 0 Å². The van der Waals surface area contributed by atoms with Crippen molar-refractivity contribution < 1.29 is 0 Å². The third kappa shape index (κ3) is 3.57. The number of rotatable bonds is 5. The second-order valence-corrected chi connectivity index (χ2v) is 6.61. The van der Waals surface area contributed by atoms with Crippen molar-refractivity contribution >= 4 is 5.82 Å². The summed E-state index contributed by atoms with van der Waals surface area (Å²) in [6, 6.07) is 7.28. The first kappa shape index (κ1) is 14.8. The molecule has 3 nitrogen and oxygen atoms in total. The second-order valence-electron chi connectivity index (χ2n) is 6.61. The standard InChI is InChI=1S/C18H29N3/c1-2-12-19-14-16-9-5-11-18(20-16)21-13-6-8-15-7-3-4-10-17(15)21/h5,9,11,15,17,19H,2-4,6-8,10,12-14H2,1H3. The largest absolute Gasteiger partial charge is 0.353 e. The molecule has 1 aliphatic carbocycles. The summed E-state index contributed by atoms with van der Waals surface area (Å²) in [6.07, 6.45) is 9.57. The van der Waals surface area contributed by atoms with Gasteiger partial charge in [0.25, 0.3) is 0 Å². The lowest BCUT2D eigenvalue weighted by Gasteiger charge is -2.44. The van der Waals surface area contributed by atoms with Crippen LogP contribution in [0.3, 0.4) is 0 Å². The van der Waals surface area contributed by atoms with E-state index in [0.717, 1.165) is 25.0 Å². The van der Waals surface area contributed by atoms with Crippen LogP contribution in [0, 0.1) is 5.92 Å². The van der Waals surface area contributed by atoms with E-state index in [-0.39, 0.29) is 0 Å². The van der Waals surface area contributed by atoms with Crippen LogP contribution in [0.15, 0.2) is 18.2 Å². The van der Waals surface area contributed by atoms with E-state index >= 15 is 0 Å². The number of anilines is 1. The lowest BCUT2D eigenvalue weighted by atomic mass is 9.78. The minimum absolute atomic E-state index is 0.749. The van der Waals surface area contributed by atoms with Crippen molar-refractivity contribution in [2.75, 3.05) is 18.0 Å². The topological polar surface area (TPSA) is 28.2 Å². The Bertz CT molecular complexity index is 444. The molecule has 3 rings (SSSR count). The van der Waals surface area contributed by atoms with Crippen LogP contribution in [0.4, 0.5) is 5.82 Å². The highest BCUT2D eigenvalue weighted by Gasteiger charge is 2.33. The summed E-state index contributed by atoms with van der Waals surface area (Å²) in [6.45, 7) is 5.36. The number of hydrogen-bond donors (Lipinski definition) is 1. The molecule has 2 aliphatic rings. The maximum Gasteiger partial charge on any atom is 0.129 e. The smallest absolute Gasteiger partial charge is 0.129 e. The number of aromatic nitrogens is 1. The average Bonchev–Trinajstić information content (AvgIpc) is 2.55. The highest BCUT2D eigenvalue weighted by atomic mass is 15.2. The summed E-state index contributed by atoms with van der Waals surface area (Å²) >= 11 is 0. The maximum atomic E-state index is 4.92. The van der Waals surface area contributed by atoms with Gasteiger partial charge in [-0.05, 0) is 56.7 Å². The molecule has 1 N–H and O–H groups in total. The van der Waals surface area contributed by atoms with Crippen LogP contribution in [-0.2, 0) is 6.54 Å². The minimum Gasteiger partial charge on any atom is -0.353 e. The number of pyridine rings is 1. The van der Waals surface area contributed by atoms with Crippen LogP contribution < -0.4 is 10.2 Å². The van der Waals surface area contributed by atoms with E-state index in [1.54, 1.807) is 0 Å². The van der Waals surface area contributed by atoms with Gasteiger partial charge in [0.05, 0.1) is 5.69 Å². The number of piperidine rings is 1. The summed E-state index contributed by atoms with van der Waals surface area (Å²) in [4.78, 5) is 7.53. The third-order valence-electron chi connectivity index (χ3n) is 5.06. The van der Waals surface area contributed by atoms with Gasteiger partial charge in [-0.15, -0.1) is 0 Å². The van der Waals surface area contributed by atoms with Gasteiger partial charge in [-0.2, -0.15) is 0 Å². The normalized spacial score (nSPS) is 25.7. The maximum absolute atomic E-state index is 4.92. The summed E-state index contributed by atoms with van der Waals surface area (Å²) in [5, 5.41) is 3.46. The second kappa shape index (κ2) is 7.26. The van der Waals surface area contributed by atoms with E-state index < -0.39 is 0 Å². The fourth-order valence-corrected chi connectivity index (χ4v) is 4.03. The van der Waals surface area contributed by atoms with Gasteiger partial charge in [0.2, 0.25) is 0 Å². The summed E-state index contributed by atoms with van der Waals surface area (Å²) in [7, 11) is 0. The van der Waals surface area contributed by atoms with Crippen LogP contribution in [0.5, 0.6) is 0 Å². The van der Waals surface area contributed by atoms with Gasteiger partial charge in [-0.3, -0.25) is 0 Å². The molecule has 2 atom stereocenters. The molecule has 0 bridgehead atoms. The predicted octanol–water partition coefficient (Wildman–Crippen LogP) is 3.74. The SMILES string of the molecule is CCCNCc1cccc(N2CCCC3CCCCC32)n1. The molecular formula is C18H29N3. The Morgan fingerprint density at radius 1 is 1.19 bits per heavy atom. The van der Waals surface area contributed by atoms with Crippen LogP contribution in [0.2, 0.25) is 0 Å². The fraction of sp³-hybridized carbons (Fsp3) is 0.722. The van der Waals surface area contributed by atoms with Gasteiger partial charge in [-0.1, -0.05) is 25.8 Å². The quantitative estimate of drug-likeness (QED) is 0.836. The first-order valence-electron chi connectivity index (χ1n) is 8.82. The Morgan fingerprint density at radius 3 is 2.95 bits per heavy atom. The van der Waals surface area contributed by atoms with Gasteiger partial charge >= 0.3 is 0 Å². The van der Waals surface area contributed by atoms with E-state index in [0.29, 0.717) is 0 Å². The third-order valence-corrected chi connectivity index (χ3v) is 5.06. The summed E-state index contributed by atoms with van der Waals surface area (Å²) < 4.78 is 0. The Morgan fingerprint density at radius 2 is 2.05 bits per heavy atom. The highest BCUT2D eigenvalue weighted by molar-refractivity contribution is 5.41. The molecule has 1 saturated heterocycles. The average molecular weight is 287 g/mol. The molecule has 3 heteroatoms. The molecule has 116 valence electrons. The molecule has 21 heavy (non-hydrogen) atoms. The van der Waals surface area contributed by atoms with Crippen molar-refractivity contribution in [3.05, 3.63) is 23.9 Å². The van der Waals surface area contributed by atoms with Gasteiger partial charge in [0.15, 0.2) is 0 Å². The lowest BCUT2D eigenvalue weighted by molar-refractivity contribution is 0.242. The number of nitrogens with one attached hydrogen (secondary N) is 1. The Labute approximate surface area is 129 Å². The highest BCUT2D eigenvalue weighted by Crippen LogP contribution is 2.37. The molecule has 1 aromatic heterocycles. The molecule has 0 amide bonds. The zero-order chi connectivity index (χ0) is 14.5. The summed E-state index contributed by atoms with van der Waals surface area (Å²) in [5.41, 5.74) is 1.18. The van der Waals surface area contributed by atoms with E-state index in [2.05, 4.69) is 35.3 Å². The molecule has 0 radical (unpaired) electrons. The Balaban J connectivity index is 1.71. The Hall–Kier alpha value is -1.09. The molecule has 0 aromatic carbocycles. The molecule has 2 heterocycles. The Kier molecular flexibility index (Phi) is 5.13. The molecule has 2 fully saturated rings. The van der Waals surface area contributed by atoms with E-state index in [9.17, 15) is 0 Å². The van der Waals surface area contributed by atoms with E-state index in [1.165, 1.54) is 63.0 Å². The van der Waals surface area contributed by atoms with Crippen molar-refractivity contribution in [3.8, 4) is 0 Å². The number of nitrogens with zero attached hydrogens (tertiary/aromatic N) is 2. The molecular weight excluding hydrogens is 258 g/mol. The lowest BCUT2D eigenvalue weighted by Crippen LogP contribution is -2.47. The van der Waals surface area contributed by atoms with Crippen LogP contribution in [0.25, 0.3) is 0 Å². The number of hydrogen-bond acceptors (Lipinski definition) is 3. The monoisotopic (exact) mass is 287 g/mol. The minimum atomic E-state index is 0.749. The van der Waals surface area contributed by atoms with Gasteiger partial charge in [0.1, 0.15) is 5.82 Å². The zero-order valence-corrected chi connectivity index (χ0v) is 13.4. The molecule has 2 unspecified atom stereocenters. The van der Waals surface area contributed by atoms with Gasteiger partial charge < -0.3 is 10.2 Å². The molecule has 1 aliphatic heterocycles. The van der Waals surface area contributed by atoms with Crippen LogP contribution in [-0.4, -0.2) is 24.1 Å². The molecule has 0 spiro atoms. The van der Waals surface area contributed by atoms with E-state index in [1.807, 2.05) is 0 Å². The van der Waals surface area contributed by atoms with Gasteiger partial charge in [-0.25, -0.2) is 4.98 Å². The van der Waals surface area contributed by atoms with Crippen molar-refractivity contribution in [3.63, 3.8) is 0 Å². The van der Waals surface area contributed by atoms with Crippen molar-refractivity contribution in [2.45, 2.75) is 64.5 Å². The first-order chi connectivity index (χ1) is 10.4. The summed E-state index contributed by atoms with van der Waals surface area (Å²) in [5.74, 6) is 2.12. The zero-order valence-electron chi connectivity index (χ0n) is 13.4. The van der Waals surface area contributed by atoms with E-state index in [4.69, 9.17) is 4.98 Å². The van der Waals surface area contributed by atoms with Crippen molar-refractivity contribution in [1.82, 2.24) is 10.3 Å². The first-order valence-corrected chi connectivity index (χ1v) is 8.82. The van der Waals surface area contributed by atoms with Crippen molar-refractivity contribution in [1.29, 1.82) is 0 Å². The predicted molar refractivity (Wildman–Crippen MR) is 88.6 cm³/mol. The fourth-order valence-electron chi connectivity index (χ4n) is 4.03. The van der Waals surface area contributed by atoms with Gasteiger partial charge in [0, 0.05) is 19.1 Å². The number of fused-ring (bicyclic) bond motifs is 1. The molecule has 1 aromatic rings. The van der Waals surface area contributed by atoms with Crippen LogP contribution in [0.1, 0.15) is 57.6 Å². The van der Waals surface area contributed by atoms with Crippen molar-refractivity contribution in [2.24, 2.45) is 5.92 Å². The molecule has 1 saturated carbocycles.